The van der Waals surface area contributed by atoms with Gasteiger partial charge in [-0.1, -0.05) is 35.5 Å². The predicted molar refractivity (Wildman–Crippen MR) is 121 cm³/mol. The van der Waals surface area contributed by atoms with Crippen LogP contribution in [0.3, 0.4) is 0 Å². The number of anilines is 1. The number of carbonyl (C=O) groups is 1. The van der Waals surface area contributed by atoms with E-state index in [9.17, 15) is 18.0 Å². The standard InChI is InChI=1S/C24H26F3N5O2/c1-16-5-3-6-17(2)22(16)28-20(33)14-31-9-11-32(12-10-31)15-21-29-23(30-34-21)18-7-4-8-19(13-18)24(25,26)27/h3-8,13H,9-12,14-15H2,1-2H3,(H,28,33). The van der Waals surface area contributed by atoms with Crippen LogP contribution >= 0.6 is 0 Å². The summed E-state index contributed by atoms with van der Waals surface area (Å²) in [5, 5.41) is 6.85. The molecule has 3 aromatic rings. The van der Waals surface area contributed by atoms with Crippen LogP contribution in [-0.4, -0.2) is 58.6 Å². The van der Waals surface area contributed by atoms with E-state index < -0.39 is 11.7 Å². The van der Waals surface area contributed by atoms with Gasteiger partial charge in [-0.15, -0.1) is 0 Å². The topological polar surface area (TPSA) is 74.5 Å². The van der Waals surface area contributed by atoms with Crippen molar-refractivity contribution in [1.29, 1.82) is 0 Å². The molecule has 1 aromatic heterocycles. The highest BCUT2D eigenvalue weighted by molar-refractivity contribution is 5.93. The van der Waals surface area contributed by atoms with Crippen molar-refractivity contribution < 1.29 is 22.5 Å². The highest BCUT2D eigenvalue weighted by Crippen LogP contribution is 2.31. The number of carbonyl (C=O) groups excluding carboxylic acids is 1. The molecule has 34 heavy (non-hydrogen) atoms. The van der Waals surface area contributed by atoms with E-state index >= 15 is 0 Å². The number of hydrogen-bond donors (Lipinski definition) is 1. The zero-order valence-corrected chi connectivity index (χ0v) is 19.0. The van der Waals surface area contributed by atoms with E-state index in [0.717, 1.165) is 28.9 Å². The first-order valence-corrected chi connectivity index (χ1v) is 11.0. The Morgan fingerprint density at radius 1 is 1.03 bits per heavy atom. The van der Waals surface area contributed by atoms with Crippen LogP contribution in [-0.2, 0) is 17.5 Å². The normalized spacial score (nSPS) is 15.4. The van der Waals surface area contributed by atoms with E-state index in [1.54, 1.807) is 0 Å². The summed E-state index contributed by atoms with van der Waals surface area (Å²) in [5.74, 6) is 0.421. The summed E-state index contributed by atoms with van der Waals surface area (Å²) >= 11 is 0. The van der Waals surface area contributed by atoms with Gasteiger partial charge in [0.25, 0.3) is 0 Å². The molecule has 2 aromatic carbocycles. The van der Waals surface area contributed by atoms with Crippen LogP contribution in [0.1, 0.15) is 22.6 Å². The van der Waals surface area contributed by atoms with Gasteiger partial charge in [-0.3, -0.25) is 14.6 Å². The number of aromatic nitrogens is 2. The zero-order valence-electron chi connectivity index (χ0n) is 19.0. The van der Waals surface area contributed by atoms with Crippen molar-refractivity contribution in [2.45, 2.75) is 26.6 Å². The summed E-state index contributed by atoms with van der Waals surface area (Å²) in [7, 11) is 0. The molecule has 0 atom stereocenters. The third-order valence-electron chi connectivity index (χ3n) is 5.85. The van der Waals surface area contributed by atoms with Crippen molar-refractivity contribution in [2.24, 2.45) is 0 Å². The second-order valence-electron chi connectivity index (χ2n) is 8.46. The van der Waals surface area contributed by atoms with E-state index in [0.29, 0.717) is 45.2 Å². The minimum Gasteiger partial charge on any atom is -0.338 e. The van der Waals surface area contributed by atoms with Crippen molar-refractivity contribution >= 4 is 11.6 Å². The molecule has 0 unspecified atom stereocenters. The van der Waals surface area contributed by atoms with Crippen molar-refractivity contribution in [3.63, 3.8) is 0 Å². The fourth-order valence-electron chi connectivity index (χ4n) is 3.96. The molecule has 1 amide bonds. The second-order valence-corrected chi connectivity index (χ2v) is 8.46. The quantitative estimate of drug-likeness (QED) is 0.581. The lowest BCUT2D eigenvalue weighted by Gasteiger charge is -2.33. The van der Waals surface area contributed by atoms with Gasteiger partial charge in [0.1, 0.15) is 0 Å². The Bertz CT molecular complexity index is 1130. The number of amides is 1. The molecular weight excluding hydrogens is 447 g/mol. The third kappa shape index (κ3) is 5.81. The monoisotopic (exact) mass is 473 g/mol. The minimum absolute atomic E-state index is 0.0477. The van der Waals surface area contributed by atoms with E-state index in [1.165, 1.54) is 12.1 Å². The summed E-state index contributed by atoms with van der Waals surface area (Å²) in [6, 6.07) is 10.8. The van der Waals surface area contributed by atoms with E-state index in [4.69, 9.17) is 4.52 Å². The molecule has 180 valence electrons. The molecule has 1 saturated heterocycles. The van der Waals surface area contributed by atoms with Gasteiger partial charge >= 0.3 is 6.18 Å². The number of alkyl halides is 3. The zero-order chi connectivity index (χ0) is 24.3. The molecule has 2 heterocycles. The Morgan fingerprint density at radius 2 is 1.68 bits per heavy atom. The molecule has 10 heteroatoms. The first-order chi connectivity index (χ1) is 16.2. The number of halogens is 3. The van der Waals surface area contributed by atoms with E-state index in [2.05, 4.69) is 25.3 Å². The van der Waals surface area contributed by atoms with Gasteiger partial charge in [-0.25, -0.2) is 0 Å². The van der Waals surface area contributed by atoms with Gasteiger partial charge in [0.05, 0.1) is 18.7 Å². The number of benzene rings is 2. The van der Waals surface area contributed by atoms with Crippen LogP contribution in [0, 0.1) is 13.8 Å². The van der Waals surface area contributed by atoms with Crippen LogP contribution in [0.5, 0.6) is 0 Å². The Kier molecular flexibility index (Phi) is 6.99. The molecule has 1 fully saturated rings. The van der Waals surface area contributed by atoms with Crippen LogP contribution in [0.2, 0.25) is 0 Å². The maximum atomic E-state index is 13.0. The maximum absolute atomic E-state index is 13.0. The first-order valence-electron chi connectivity index (χ1n) is 11.0. The number of aryl methyl sites for hydroxylation is 2. The van der Waals surface area contributed by atoms with Crippen molar-refractivity contribution in [3.05, 3.63) is 65.0 Å². The molecular formula is C24H26F3N5O2. The Hall–Kier alpha value is -3.24. The molecule has 0 spiro atoms. The summed E-state index contributed by atoms with van der Waals surface area (Å²) in [4.78, 5) is 21.0. The average molecular weight is 473 g/mol. The maximum Gasteiger partial charge on any atom is 0.416 e. The summed E-state index contributed by atoms with van der Waals surface area (Å²) in [5.41, 5.74) is 2.42. The molecule has 0 saturated carbocycles. The van der Waals surface area contributed by atoms with Crippen molar-refractivity contribution in [1.82, 2.24) is 19.9 Å². The highest BCUT2D eigenvalue weighted by atomic mass is 19.4. The largest absolute Gasteiger partial charge is 0.416 e. The Balaban J connectivity index is 1.28. The fraction of sp³-hybridized carbons (Fsp3) is 0.375. The van der Waals surface area contributed by atoms with E-state index in [-0.39, 0.29) is 17.3 Å². The summed E-state index contributed by atoms with van der Waals surface area (Å²) in [6.07, 6.45) is -4.43. The number of piperazine rings is 1. The van der Waals surface area contributed by atoms with Gasteiger partial charge in [-0.2, -0.15) is 18.2 Å². The van der Waals surface area contributed by atoms with Crippen molar-refractivity contribution in [2.75, 3.05) is 38.0 Å². The molecule has 1 aliphatic rings. The fourth-order valence-corrected chi connectivity index (χ4v) is 3.96. The molecule has 4 rings (SSSR count). The lowest BCUT2D eigenvalue weighted by Crippen LogP contribution is -2.48. The Labute approximate surface area is 195 Å². The number of hydrogen-bond acceptors (Lipinski definition) is 6. The highest BCUT2D eigenvalue weighted by Gasteiger charge is 2.31. The number of rotatable bonds is 6. The SMILES string of the molecule is Cc1cccc(C)c1NC(=O)CN1CCN(Cc2nc(-c3cccc(C(F)(F)F)c3)no2)CC1. The number of para-hydroxylation sites is 1. The van der Waals surface area contributed by atoms with Gasteiger partial charge in [0.2, 0.25) is 17.6 Å². The average Bonchev–Trinajstić information content (AvgIpc) is 3.26. The first kappa shape index (κ1) is 23.9. The molecule has 7 nitrogen and oxygen atoms in total. The van der Waals surface area contributed by atoms with Crippen LogP contribution in [0.15, 0.2) is 47.0 Å². The van der Waals surface area contributed by atoms with Crippen LogP contribution < -0.4 is 5.32 Å². The summed E-state index contributed by atoms with van der Waals surface area (Å²) in [6.45, 7) is 7.46. The van der Waals surface area contributed by atoms with Crippen LogP contribution in [0.25, 0.3) is 11.4 Å². The molecule has 1 N–H and O–H groups in total. The van der Waals surface area contributed by atoms with E-state index in [1.807, 2.05) is 32.0 Å². The molecule has 0 aliphatic carbocycles. The molecule has 1 aliphatic heterocycles. The van der Waals surface area contributed by atoms with Gasteiger partial charge in [-0.05, 0) is 37.1 Å². The smallest absolute Gasteiger partial charge is 0.338 e. The number of nitrogens with one attached hydrogen (secondary N) is 1. The lowest BCUT2D eigenvalue weighted by molar-refractivity contribution is -0.137. The molecule has 0 bridgehead atoms. The number of nitrogens with zero attached hydrogens (tertiary/aromatic N) is 4. The molecule has 0 radical (unpaired) electrons. The van der Waals surface area contributed by atoms with Crippen molar-refractivity contribution in [3.8, 4) is 11.4 Å². The minimum atomic E-state index is -4.43. The predicted octanol–water partition coefficient (Wildman–Crippen LogP) is 4.13. The van der Waals surface area contributed by atoms with Gasteiger partial charge in [0.15, 0.2) is 0 Å². The Morgan fingerprint density at radius 3 is 2.35 bits per heavy atom. The lowest BCUT2D eigenvalue weighted by atomic mass is 10.1. The van der Waals surface area contributed by atoms with Crippen LogP contribution in [0.4, 0.5) is 18.9 Å². The third-order valence-corrected chi connectivity index (χ3v) is 5.85. The van der Waals surface area contributed by atoms with Gasteiger partial charge < -0.3 is 9.84 Å². The van der Waals surface area contributed by atoms with Gasteiger partial charge in [0, 0.05) is 37.4 Å². The second kappa shape index (κ2) is 9.94. The summed E-state index contributed by atoms with van der Waals surface area (Å²) < 4.78 is 44.1.